The van der Waals surface area contributed by atoms with Crippen molar-refractivity contribution in [1.82, 2.24) is 0 Å². The van der Waals surface area contributed by atoms with Crippen LogP contribution in [0.15, 0.2) is 54.6 Å². The van der Waals surface area contributed by atoms with E-state index in [-0.39, 0.29) is 0 Å². The van der Waals surface area contributed by atoms with E-state index in [4.69, 9.17) is 0 Å². The molecule has 0 spiro atoms. The lowest BCUT2D eigenvalue weighted by atomic mass is 9.92. The molecule has 3 aliphatic rings. The quantitative estimate of drug-likeness (QED) is 0.614. The zero-order valence-corrected chi connectivity index (χ0v) is 15.5. The van der Waals surface area contributed by atoms with Crippen molar-refractivity contribution in [3.05, 3.63) is 54.6 Å². The monoisotopic (exact) mass is 322 g/mol. The molecule has 0 radical (unpaired) electrons. The molecule has 2 fully saturated rings. The van der Waals surface area contributed by atoms with Crippen molar-refractivity contribution in [2.45, 2.75) is 62.6 Å². The van der Waals surface area contributed by atoms with Crippen molar-refractivity contribution in [3.8, 4) is 0 Å². The molecule has 23 heavy (non-hydrogen) atoms. The summed E-state index contributed by atoms with van der Waals surface area (Å²) in [6.07, 6.45) is 19.9. The Morgan fingerprint density at radius 2 is 1.57 bits per heavy atom. The first kappa shape index (κ1) is 15.4. The van der Waals surface area contributed by atoms with Crippen molar-refractivity contribution in [1.29, 1.82) is 0 Å². The average Bonchev–Trinajstić information content (AvgIpc) is 3.07. The van der Waals surface area contributed by atoms with Gasteiger partial charge in [0, 0.05) is 0 Å². The minimum absolute atomic E-state index is 0.818. The second-order valence-electron chi connectivity index (χ2n) is 8.18. The summed E-state index contributed by atoms with van der Waals surface area (Å²) in [6, 6.07) is 11.7. The Hall–Kier alpha value is -1.08. The maximum absolute atomic E-state index is 2.75. The summed E-state index contributed by atoms with van der Waals surface area (Å²) in [5.41, 5.74) is 1.95. The molecule has 0 bridgehead atoms. The van der Waals surface area contributed by atoms with Crippen molar-refractivity contribution in [2.75, 3.05) is 0 Å². The molecule has 0 aromatic heterocycles. The molecular formula is C22H30Si. The predicted octanol–water partition coefficient (Wildman–Crippen LogP) is 5.83. The smallest absolute Gasteiger partial charge is 0.0808 e. The Kier molecular flexibility index (Phi) is 4.32. The summed E-state index contributed by atoms with van der Waals surface area (Å²) in [4.78, 5) is 0. The van der Waals surface area contributed by atoms with Crippen molar-refractivity contribution < 1.29 is 0 Å². The van der Waals surface area contributed by atoms with E-state index >= 15 is 0 Å². The number of benzene rings is 1. The van der Waals surface area contributed by atoms with Crippen LogP contribution in [-0.2, 0) is 0 Å². The molecular weight excluding hydrogens is 292 g/mol. The fourth-order valence-electron chi connectivity index (χ4n) is 5.91. The summed E-state index contributed by atoms with van der Waals surface area (Å²) in [6.45, 7) is 2.75. The lowest BCUT2D eigenvalue weighted by Crippen LogP contribution is -2.54. The van der Waals surface area contributed by atoms with Gasteiger partial charge in [0.1, 0.15) is 0 Å². The van der Waals surface area contributed by atoms with Crippen LogP contribution in [0.4, 0.5) is 0 Å². The van der Waals surface area contributed by atoms with Gasteiger partial charge < -0.3 is 0 Å². The molecule has 0 saturated heterocycles. The SMILES string of the molecule is C[Si](c1ccccc1)(C1CCCCC1)C1CCC2C=CC=CC21. The molecule has 0 N–H and O–H groups in total. The van der Waals surface area contributed by atoms with Gasteiger partial charge in [-0.2, -0.15) is 0 Å². The van der Waals surface area contributed by atoms with E-state index < -0.39 is 8.07 Å². The van der Waals surface area contributed by atoms with Crippen molar-refractivity contribution in [3.63, 3.8) is 0 Å². The van der Waals surface area contributed by atoms with Gasteiger partial charge in [-0.3, -0.25) is 0 Å². The minimum atomic E-state index is -1.48. The van der Waals surface area contributed by atoms with Crippen molar-refractivity contribution in [2.24, 2.45) is 11.8 Å². The van der Waals surface area contributed by atoms with Gasteiger partial charge in [0.2, 0.25) is 0 Å². The summed E-state index contributed by atoms with van der Waals surface area (Å²) in [5, 5.41) is 1.74. The number of rotatable bonds is 3. The van der Waals surface area contributed by atoms with E-state index in [0.717, 1.165) is 22.9 Å². The highest BCUT2D eigenvalue weighted by atomic mass is 28.3. The van der Waals surface area contributed by atoms with Gasteiger partial charge in [0.05, 0.1) is 8.07 Å². The molecule has 4 atom stereocenters. The van der Waals surface area contributed by atoms with E-state index in [1.807, 2.05) is 0 Å². The van der Waals surface area contributed by atoms with Crippen LogP contribution in [0.2, 0.25) is 17.6 Å². The van der Waals surface area contributed by atoms with Gasteiger partial charge in [0.25, 0.3) is 0 Å². The lowest BCUT2D eigenvalue weighted by Gasteiger charge is -2.45. The third-order valence-electron chi connectivity index (χ3n) is 7.19. The molecule has 0 aliphatic heterocycles. The number of hydrogen-bond acceptors (Lipinski definition) is 0. The van der Waals surface area contributed by atoms with Gasteiger partial charge in [-0.1, -0.05) is 105 Å². The molecule has 4 rings (SSSR count). The largest absolute Gasteiger partial charge is 0.0903 e. The summed E-state index contributed by atoms with van der Waals surface area (Å²) < 4.78 is 0. The highest BCUT2D eigenvalue weighted by Crippen LogP contribution is 2.54. The molecule has 4 unspecified atom stereocenters. The van der Waals surface area contributed by atoms with Gasteiger partial charge in [-0.05, 0) is 29.3 Å². The fraction of sp³-hybridized carbons (Fsp3) is 0.545. The summed E-state index contributed by atoms with van der Waals surface area (Å²) >= 11 is 0. The first-order valence-corrected chi connectivity index (χ1v) is 12.4. The fourth-order valence-corrected chi connectivity index (χ4v) is 11.9. The Labute approximate surface area is 142 Å². The molecule has 1 aromatic rings. The molecule has 0 heterocycles. The molecule has 2 saturated carbocycles. The van der Waals surface area contributed by atoms with E-state index in [0.29, 0.717) is 0 Å². The maximum Gasteiger partial charge on any atom is 0.0903 e. The van der Waals surface area contributed by atoms with Gasteiger partial charge in [0.15, 0.2) is 0 Å². The molecule has 1 heteroatoms. The minimum Gasteiger partial charge on any atom is -0.0808 e. The summed E-state index contributed by atoms with van der Waals surface area (Å²) in [7, 11) is -1.48. The van der Waals surface area contributed by atoms with Crippen molar-refractivity contribution >= 4 is 13.3 Å². The Balaban J connectivity index is 1.73. The van der Waals surface area contributed by atoms with Gasteiger partial charge >= 0.3 is 0 Å². The lowest BCUT2D eigenvalue weighted by molar-refractivity contribution is 0.478. The summed E-state index contributed by atoms with van der Waals surface area (Å²) in [5.74, 6) is 1.64. The number of hydrogen-bond donors (Lipinski definition) is 0. The van der Waals surface area contributed by atoms with Gasteiger partial charge in [-0.15, -0.1) is 0 Å². The molecule has 1 aromatic carbocycles. The average molecular weight is 323 g/mol. The highest BCUT2D eigenvalue weighted by Gasteiger charge is 2.51. The Morgan fingerprint density at radius 1 is 0.826 bits per heavy atom. The molecule has 3 aliphatic carbocycles. The van der Waals surface area contributed by atoms with E-state index in [1.165, 1.54) is 44.9 Å². The zero-order chi connectivity index (χ0) is 15.7. The zero-order valence-electron chi connectivity index (χ0n) is 14.5. The first-order chi connectivity index (χ1) is 11.3. The van der Waals surface area contributed by atoms with Crippen LogP contribution in [0.5, 0.6) is 0 Å². The van der Waals surface area contributed by atoms with Crippen LogP contribution < -0.4 is 5.19 Å². The van der Waals surface area contributed by atoms with Crippen LogP contribution in [0.25, 0.3) is 0 Å². The third-order valence-corrected chi connectivity index (χ3v) is 13.3. The van der Waals surface area contributed by atoms with Crippen LogP contribution in [0.1, 0.15) is 44.9 Å². The van der Waals surface area contributed by atoms with Crippen LogP contribution >= 0.6 is 0 Å². The van der Waals surface area contributed by atoms with E-state index in [9.17, 15) is 0 Å². The topological polar surface area (TPSA) is 0 Å². The third kappa shape index (κ3) is 2.67. The normalized spacial score (nSPS) is 33.3. The number of allylic oxidation sites excluding steroid dienone is 4. The van der Waals surface area contributed by atoms with Gasteiger partial charge in [-0.25, -0.2) is 0 Å². The Bertz CT molecular complexity index is 581. The van der Waals surface area contributed by atoms with E-state index in [1.54, 1.807) is 5.19 Å². The molecule has 122 valence electrons. The van der Waals surface area contributed by atoms with Crippen LogP contribution in [-0.4, -0.2) is 8.07 Å². The Morgan fingerprint density at radius 3 is 2.35 bits per heavy atom. The van der Waals surface area contributed by atoms with Crippen LogP contribution in [0.3, 0.4) is 0 Å². The molecule has 0 amide bonds. The predicted molar refractivity (Wildman–Crippen MR) is 103 cm³/mol. The maximum atomic E-state index is 2.75. The molecule has 0 nitrogen and oxygen atoms in total. The second kappa shape index (κ2) is 6.43. The number of fused-ring (bicyclic) bond motifs is 1. The van der Waals surface area contributed by atoms with Crippen LogP contribution in [0, 0.1) is 11.8 Å². The second-order valence-corrected chi connectivity index (χ2v) is 12.9. The standard InChI is InChI=1S/C22H30Si/c1-23(19-11-4-2-5-12-19,20-13-6-3-7-14-20)22-17-16-18-10-8-9-15-21(18)22/h2,4-5,8-12,15,18,20-22H,3,6-7,13-14,16-17H2,1H3. The first-order valence-electron chi connectivity index (χ1n) is 9.70. The highest BCUT2D eigenvalue weighted by molar-refractivity contribution is 6.93. The van der Waals surface area contributed by atoms with E-state index in [2.05, 4.69) is 61.2 Å².